The van der Waals surface area contributed by atoms with E-state index in [1.54, 1.807) is 6.07 Å². The molecule has 0 radical (unpaired) electrons. The van der Waals surface area contributed by atoms with Gasteiger partial charge in [-0.3, -0.25) is 9.59 Å². The van der Waals surface area contributed by atoms with Crippen molar-refractivity contribution >= 4 is 24.2 Å². The third-order valence-electron chi connectivity index (χ3n) is 5.10. The first-order valence-electron chi connectivity index (χ1n) is 9.13. The van der Waals surface area contributed by atoms with Gasteiger partial charge in [-0.25, -0.2) is 0 Å². The van der Waals surface area contributed by atoms with Gasteiger partial charge in [-0.2, -0.15) is 0 Å². The second kappa shape index (κ2) is 9.35. The van der Waals surface area contributed by atoms with Gasteiger partial charge in [0.05, 0.1) is 11.6 Å². The molecule has 26 heavy (non-hydrogen) atoms. The van der Waals surface area contributed by atoms with Gasteiger partial charge in [-0.1, -0.05) is 25.0 Å². The Morgan fingerprint density at radius 2 is 1.96 bits per heavy atom. The highest BCUT2D eigenvalue weighted by molar-refractivity contribution is 5.94. The Bertz CT molecular complexity index is 626. The number of nitrogens with two attached hydrogens (primary N) is 1. The van der Waals surface area contributed by atoms with Crippen molar-refractivity contribution in [3.8, 4) is 0 Å². The molecule has 0 aromatic heterocycles. The van der Waals surface area contributed by atoms with Crippen LogP contribution in [0, 0.1) is 0 Å². The maximum Gasteiger partial charge on any atom is 0.251 e. The maximum atomic E-state index is 12.3. The van der Waals surface area contributed by atoms with Crippen LogP contribution in [-0.2, 0) is 16.1 Å². The van der Waals surface area contributed by atoms with E-state index in [0.29, 0.717) is 18.7 Å². The highest BCUT2D eigenvalue weighted by Gasteiger charge is 2.36. The van der Waals surface area contributed by atoms with Crippen LogP contribution in [-0.4, -0.2) is 36.6 Å². The predicted octanol–water partition coefficient (Wildman–Crippen LogP) is 1.90. The van der Waals surface area contributed by atoms with E-state index >= 15 is 0 Å². The molecule has 2 fully saturated rings. The molecule has 7 heteroatoms. The fourth-order valence-corrected chi connectivity index (χ4v) is 3.53. The molecule has 1 aromatic rings. The van der Waals surface area contributed by atoms with E-state index in [1.165, 1.54) is 0 Å². The minimum atomic E-state index is -0.726. The van der Waals surface area contributed by atoms with Crippen LogP contribution < -0.4 is 16.4 Å². The topological polar surface area (TPSA) is 93.5 Å². The lowest BCUT2D eigenvalue weighted by atomic mass is 9.98. The van der Waals surface area contributed by atoms with E-state index in [0.717, 1.165) is 50.7 Å². The molecule has 4 N–H and O–H groups in total. The molecule has 6 nitrogen and oxygen atoms in total. The predicted molar refractivity (Wildman–Crippen MR) is 102 cm³/mol. The summed E-state index contributed by atoms with van der Waals surface area (Å²) in [6.07, 6.45) is 5.66. The number of hydrogen-bond donors (Lipinski definition) is 3. The Morgan fingerprint density at radius 3 is 2.65 bits per heavy atom. The number of rotatable bonds is 6. The normalized spacial score (nSPS) is 21.0. The van der Waals surface area contributed by atoms with Crippen molar-refractivity contribution in [2.24, 2.45) is 5.73 Å². The van der Waals surface area contributed by atoms with Crippen molar-refractivity contribution in [2.75, 3.05) is 13.2 Å². The number of hydrogen-bond acceptors (Lipinski definition) is 4. The molecule has 0 spiro atoms. The maximum absolute atomic E-state index is 12.3. The molecule has 1 atom stereocenters. The van der Waals surface area contributed by atoms with E-state index in [4.69, 9.17) is 10.5 Å². The number of carbonyl (C=O) groups is 2. The molecule has 1 aliphatic heterocycles. The summed E-state index contributed by atoms with van der Waals surface area (Å²) in [6.45, 7) is 1.69. The molecule has 1 saturated heterocycles. The van der Waals surface area contributed by atoms with Crippen molar-refractivity contribution in [3.05, 3.63) is 35.4 Å². The van der Waals surface area contributed by atoms with Gasteiger partial charge in [0.2, 0.25) is 5.91 Å². The highest BCUT2D eigenvalue weighted by atomic mass is 35.5. The molecule has 0 bridgehead atoms. The molecule has 1 unspecified atom stereocenters. The number of halogens is 1. The first kappa shape index (κ1) is 20.7. The zero-order chi connectivity index (χ0) is 17.7. The van der Waals surface area contributed by atoms with E-state index in [9.17, 15) is 9.59 Å². The fraction of sp³-hybridized carbons (Fsp3) is 0.579. The molecule has 144 valence electrons. The molecule has 1 saturated carbocycles. The zero-order valence-corrected chi connectivity index (χ0v) is 15.8. The first-order chi connectivity index (χ1) is 12.1. The summed E-state index contributed by atoms with van der Waals surface area (Å²) in [4.78, 5) is 24.6. The van der Waals surface area contributed by atoms with Crippen molar-refractivity contribution in [1.29, 1.82) is 0 Å². The second-order valence-electron chi connectivity index (χ2n) is 7.09. The number of ether oxygens (including phenoxy) is 1. The van der Waals surface area contributed by atoms with Crippen LogP contribution >= 0.6 is 12.4 Å². The summed E-state index contributed by atoms with van der Waals surface area (Å²) in [5.41, 5.74) is 6.91. The van der Waals surface area contributed by atoms with Crippen molar-refractivity contribution in [1.82, 2.24) is 10.6 Å². The molecule has 1 aromatic carbocycles. The smallest absolute Gasteiger partial charge is 0.251 e. The van der Waals surface area contributed by atoms with Gasteiger partial charge in [0.15, 0.2) is 0 Å². The van der Waals surface area contributed by atoms with Gasteiger partial charge in [-0.15, -0.1) is 12.4 Å². The van der Waals surface area contributed by atoms with Gasteiger partial charge in [0.25, 0.3) is 5.91 Å². The average Bonchev–Trinajstić information content (AvgIpc) is 3.30. The van der Waals surface area contributed by atoms with Gasteiger partial charge >= 0.3 is 0 Å². The quantitative estimate of drug-likeness (QED) is 0.701. The van der Waals surface area contributed by atoms with Crippen LogP contribution in [0.5, 0.6) is 0 Å². The van der Waals surface area contributed by atoms with Crippen molar-refractivity contribution in [3.63, 3.8) is 0 Å². The second-order valence-corrected chi connectivity index (χ2v) is 7.09. The summed E-state index contributed by atoms with van der Waals surface area (Å²) in [6, 6.07) is 7.31. The monoisotopic (exact) mass is 381 g/mol. The van der Waals surface area contributed by atoms with Gasteiger partial charge < -0.3 is 21.1 Å². The van der Waals surface area contributed by atoms with E-state index in [1.807, 2.05) is 18.2 Å². The Labute approximate surface area is 160 Å². The van der Waals surface area contributed by atoms with Gasteiger partial charge in [-0.05, 0) is 43.4 Å². The SMILES string of the molecule is Cl.NC1(C(=O)NCc2cccc(C(=O)NCC3CCCO3)c2)CCCC1. The third-order valence-corrected chi connectivity index (χ3v) is 5.10. The lowest BCUT2D eigenvalue weighted by Gasteiger charge is -2.22. The molecule has 2 aliphatic rings. The molecular weight excluding hydrogens is 354 g/mol. The minimum absolute atomic E-state index is 0. The summed E-state index contributed by atoms with van der Waals surface area (Å²) in [5.74, 6) is -0.215. The molecule has 3 rings (SSSR count). The van der Waals surface area contributed by atoms with Crippen LogP contribution in [0.1, 0.15) is 54.4 Å². The Hall–Kier alpha value is -1.63. The molecular formula is C19H28ClN3O3. The standard InChI is InChI=1S/C19H27N3O3.ClH/c20-19(8-1-2-9-19)18(24)22-12-14-5-3-6-15(11-14)17(23)21-13-16-7-4-10-25-16;/h3,5-6,11,16H,1-2,4,7-10,12-13,20H2,(H,21,23)(H,22,24);1H. The van der Waals surface area contributed by atoms with Crippen LogP contribution in [0.15, 0.2) is 24.3 Å². The van der Waals surface area contributed by atoms with Crippen LogP contribution in [0.3, 0.4) is 0 Å². The Kier molecular flexibility index (Phi) is 7.43. The van der Waals surface area contributed by atoms with Gasteiger partial charge in [0, 0.05) is 25.3 Å². The van der Waals surface area contributed by atoms with Crippen LogP contribution in [0.2, 0.25) is 0 Å². The number of nitrogens with one attached hydrogen (secondary N) is 2. The molecule has 1 aliphatic carbocycles. The average molecular weight is 382 g/mol. The number of carbonyl (C=O) groups excluding carboxylic acids is 2. The summed E-state index contributed by atoms with van der Waals surface area (Å²) in [7, 11) is 0. The Balaban J connectivity index is 0.00000243. The number of benzene rings is 1. The highest BCUT2D eigenvalue weighted by Crippen LogP contribution is 2.27. The third kappa shape index (κ3) is 5.19. The van der Waals surface area contributed by atoms with E-state index < -0.39 is 5.54 Å². The largest absolute Gasteiger partial charge is 0.376 e. The first-order valence-corrected chi connectivity index (χ1v) is 9.13. The van der Waals surface area contributed by atoms with Crippen molar-refractivity contribution in [2.45, 2.75) is 56.7 Å². The van der Waals surface area contributed by atoms with Crippen molar-refractivity contribution < 1.29 is 14.3 Å². The zero-order valence-electron chi connectivity index (χ0n) is 15.0. The van der Waals surface area contributed by atoms with E-state index in [-0.39, 0.29) is 30.3 Å². The van der Waals surface area contributed by atoms with Gasteiger partial charge in [0.1, 0.15) is 0 Å². The minimum Gasteiger partial charge on any atom is -0.376 e. The summed E-state index contributed by atoms with van der Waals surface area (Å²) >= 11 is 0. The molecule has 1 heterocycles. The summed E-state index contributed by atoms with van der Waals surface area (Å²) in [5, 5.41) is 5.82. The van der Waals surface area contributed by atoms with Crippen LogP contribution in [0.25, 0.3) is 0 Å². The lowest BCUT2D eigenvalue weighted by Crippen LogP contribution is -2.51. The number of amides is 2. The van der Waals surface area contributed by atoms with Crippen LogP contribution in [0.4, 0.5) is 0 Å². The molecule has 2 amide bonds. The summed E-state index contributed by atoms with van der Waals surface area (Å²) < 4.78 is 5.51. The Morgan fingerprint density at radius 1 is 1.19 bits per heavy atom. The fourth-order valence-electron chi connectivity index (χ4n) is 3.53. The lowest BCUT2D eigenvalue weighted by molar-refractivity contribution is -0.126. The van der Waals surface area contributed by atoms with E-state index in [2.05, 4.69) is 10.6 Å².